The molecule has 162 valence electrons. The van der Waals surface area contributed by atoms with Gasteiger partial charge in [-0.3, -0.25) is 9.78 Å². The van der Waals surface area contributed by atoms with Gasteiger partial charge < -0.3 is 14.8 Å². The summed E-state index contributed by atoms with van der Waals surface area (Å²) in [7, 11) is 0. The average molecular weight is 430 g/mol. The first-order valence-corrected chi connectivity index (χ1v) is 9.51. The van der Waals surface area contributed by atoms with Gasteiger partial charge in [-0.15, -0.1) is 0 Å². The fourth-order valence-electron chi connectivity index (χ4n) is 2.67. The molecule has 0 saturated carbocycles. The molecule has 2 aromatic carbocycles. The third-order valence-electron chi connectivity index (χ3n) is 4.28. The summed E-state index contributed by atoms with van der Waals surface area (Å²) in [6, 6.07) is 17.4. The largest absolute Gasteiger partial charge is 0.489 e. The fraction of sp³-hybridized carbons (Fsp3) is 0.217. The maximum Gasteiger partial charge on any atom is 0.411 e. The quantitative estimate of drug-likeness (QED) is 0.536. The molecule has 0 atom stereocenters. The van der Waals surface area contributed by atoms with Crippen molar-refractivity contribution in [3.63, 3.8) is 0 Å². The second kappa shape index (κ2) is 10.6. The highest BCUT2D eigenvalue weighted by Gasteiger charge is 2.27. The lowest BCUT2D eigenvalue weighted by atomic mass is 10.1. The molecular formula is C23H21F3N2O3. The number of nitrogens with one attached hydrogen (secondary N) is 1. The Hall–Kier alpha value is -3.39. The molecule has 1 N–H and O–H groups in total. The number of hydrogen-bond donors (Lipinski definition) is 1. The Kier molecular flexibility index (Phi) is 7.61. The first-order valence-electron chi connectivity index (χ1n) is 9.51. The Morgan fingerprint density at radius 1 is 0.839 bits per heavy atom. The predicted octanol–water partition coefficient (Wildman–Crippen LogP) is 4.67. The van der Waals surface area contributed by atoms with Gasteiger partial charge in [0.05, 0.1) is 6.61 Å². The van der Waals surface area contributed by atoms with Gasteiger partial charge in [0.1, 0.15) is 19.0 Å². The van der Waals surface area contributed by atoms with Crippen LogP contribution in [-0.4, -0.2) is 23.7 Å². The normalized spacial score (nSPS) is 11.2. The van der Waals surface area contributed by atoms with Crippen molar-refractivity contribution in [1.29, 1.82) is 0 Å². The van der Waals surface area contributed by atoms with Crippen molar-refractivity contribution < 1.29 is 27.4 Å². The van der Waals surface area contributed by atoms with E-state index in [2.05, 4.69) is 15.0 Å². The van der Waals surface area contributed by atoms with Gasteiger partial charge in [0.15, 0.2) is 0 Å². The van der Waals surface area contributed by atoms with E-state index >= 15 is 0 Å². The van der Waals surface area contributed by atoms with E-state index in [1.807, 2.05) is 12.1 Å². The Bertz CT molecular complexity index is 960. The lowest BCUT2D eigenvalue weighted by molar-refractivity contribution is -0.176. The molecule has 1 heterocycles. The molecule has 3 rings (SSSR count). The highest BCUT2D eigenvalue weighted by Crippen LogP contribution is 2.16. The van der Waals surface area contributed by atoms with Crippen LogP contribution < -0.4 is 10.1 Å². The van der Waals surface area contributed by atoms with Crippen LogP contribution in [0.1, 0.15) is 27.0 Å². The van der Waals surface area contributed by atoms with Gasteiger partial charge in [0, 0.05) is 24.5 Å². The lowest BCUT2D eigenvalue weighted by Crippen LogP contribution is -2.22. The number of aromatic nitrogens is 1. The van der Waals surface area contributed by atoms with Crippen molar-refractivity contribution in [1.82, 2.24) is 10.3 Å². The van der Waals surface area contributed by atoms with E-state index in [1.54, 1.807) is 60.9 Å². The van der Waals surface area contributed by atoms with Crippen LogP contribution in [0.4, 0.5) is 13.2 Å². The van der Waals surface area contributed by atoms with E-state index in [-0.39, 0.29) is 12.5 Å². The van der Waals surface area contributed by atoms with Gasteiger partial charge in [0.25, 0.3) is 5.91 Å². The SMILES string of the molecule is O=C(NCc1ccc(COCC(F)(F)F)cc1)c1ccc(OCc2ccncc2)cc1. The molecule has 3 aromatic rings. The Balaban J connectivity index is 1.43. The Morgan fingerprint density at radius 3 is 2.10 bits per heavy atom. The van der Waals surface area contributed by atoms with Gasteiger partial charge in [-0.25, -0.2) is 0 Å². The summed E-state index contributed by atoms with van der Waals surface area (Å²) in [6.07, 6.45) is -0.947. The number of benzene rings is 2. The molecule has 5 nitrogen and oxygen atoms in total. The highest BCUT2D eigenvalue weighted by atomic mass is 19.4. The van der Waals surface area contributed by atoms with Gasteiger partial charge >= 0.3 is 6.18 Å². The summed E-state index contributed by atoms with van der Waals surface area (Å²) in [6.45, 7) is -0.700. The van der Waals surface area contributed by atoms with Crippen molar-refractivity contribution in [3.05, 3.63) is 95.3 Å². The van der Waals surface area contributed by atoms with Crippen LogP contribution in [0.15, 0.2) is 73.1 Å². The average Bonchev–Trinajstić information content (AvgIpc) is 2.77. The van der Waals surface area contributed by atoms with Crippen molar-refractivity contribution in [2.24, 2.45) is 0 Å². The number of carbonyl (C=O) groups excluding carboxylic acids is 1. The molecule has 31 heavy (non-hydrogen) atoms. The molecule has 0 radical (unpaired) electrons. The molecule has 8 heteroatoms. The Morgan fingerprint density at radius 2 is 1.45 bits per heavy atom. The van der Waals surface area contributed by atoms with Gasteiger partial charge in [0.2, 0.25) is 0 Å². The molecular weight excluding hydrogens is 409 g/mol. The monoisotopic (exact) mass is 430 g/mol. The topological polar surface area (TPSA) is 60.5 Å². The minimum atomic E-state index is -4.34. The molecule has 1 aromatic heterocycles. The van der Waals surface area contributed by atoms with Crippen LogP contribution in [0.3, 0.4) is 0 Å². The number of amides is 1. The predicted molar refractivity (Wildman–Crippen MR) is 108 cm³/mol. The summed E-state index contributed by atoms with van der Waals surface area (Å²) in [5, 5.41) is 2.81. The minimum Gasteiger partial charge on any atom is -0.489 e. The zero-order chi connectivity index (χ0) is 22.1. The van der Waals surface area contributed by atoms with Gasteiger partial charge in [-0.05, 0) is 53.1 Å². The number of rotatable bonds is 9. The van der Waals surface area contributed by atoms with Crippen LogP contribution in [0.5, 0.6) is 5.75 Å². The summed E-state index contributed by atoms with van der Waals surface area (Å²) < 4.78 is 46.6. The molecule has 0 aliphatic heterocycles. The van der Waals surface area contributed by atoms with E-state index in [4.69, 9.17) is 4.74 Å². The highest BCUT2D eigenvalue weighted by molar-refractivity contribution is 5.94. The minimum absolute atomic E-state index is 0.123. The van der Waals surface area contributed by atoms with E-state index in [0.717, 1.165) is 11.1 Å². The summed E-state index contributed by atoms with van der Waals surface area (Å²) in [5.74, 6) is 0.412. The van der Waals surface area contributed by atoms with E-state index in [9.17, 15) is 18.0 Å². The summed E-state index contributed by atoms with van der Waals surface area (Å²) in [5.41, 5.74) is 2.94. The first-order chi connectivity index (χ1) is 14.9. The third kappa shape index (κ3) is 7.75. The number of halogens is 3. The smallest absolute Gasteiger partial charge is 0.411 e. The number of alkyl halides is 3. The van der Waals surface area contributed by atoms with Crippen LogP contribution in [-0.2, 0) is 24.5 Å². The van der Waals surface area contributed by atoms with E-state index in [0.29, 0.717) is 30.0 Å². The fourth-order valence-corrected chi connectivity index (χ4v) is 2.67. The van der Waals surface area contributed by atoms with Crippen molar-refractivity contribution in [3.8, 4) is 5.75 Å². The zero-order valence-corrected chi connectivity index (χ0v) is 16.6. The summed E-state index contributed by atoms with van der Waals surface area (Å²) in [4.78, 5) is 16.3. The van der Waals surface area contributed by atoms with Crippen molar-refractivity contribution in [2.45, 2.75) is 25.9 Å². The van der Waals surface area contributed by atoms with E-state index < -0.39 is 12.8 Å². The molecule has 1 amide bonds. The molecule has 0 fully saturated rings. The number of ether oxygens (including phenoxy) is 2. The maximum absolute atomic E-state index is 12.3. The summed E-state index contributed by atoms with van der Waals surface area (Å²) >= 11 is 0. The number of carbonyl (C=O) groups is 1. The second-order valence-corrected chi connectivity index (χ2v) is 6.78. The van der Waals surface area contributed by atoms with Gasteiger partial charge in [-0.2, -0.15) is 13.2 Å². The van der Waals surface area contributed by atoms with Crippen molar-refractivity contribution in [2.75, 3.05) is 6.61 Å². The van der Waals surface area contributed by atoms with Crippen LogP contribution in [0.25, 0.3) is 0 Å². The van der Waals surface area contributed by atoms with Crippen molar-refractivity contribution >= 4 is 5.91 Å². The third-order valence-corrected chi connectivity index (χ3v) is 4.28. The standard InChI is InChI=1S/C23H21F3N2O3/c24-23(25,26)16-30-14-18-3-1-17(2-4-18)13-28-22(29)20-5-7-21(8-6-20)31-15-19-9-11-27-12-10-19/h1-12H,13-16H2,(H,28,29). The first kappa shape index (κ1) is 22.3. The molecule has 0 bridgehead atoms. The molecule has 0 aliphatic rings. The van der Waals surface area contributed by atoms with E-state index in [1.165, 1.54) is 0 Å². The van der Waals surface area contributed by atoms with Crippen LogP contribution in [0.2, 0.25) is 0 Å². The zero-order valence-electron chi connectivity index (χ0n) is 16.6. The molecule has 0 unspecified atom stereocenters. The number of hydrogen-bond acceptors (Lipinski definition) is 4. The van der Waals surface area contributed by atoms with Crippen LogP contribution >= 0.6 is 0 Å². The van der Waals surface area contributed by atoms with Crippen LogP contribution in [0, 0.1) is 0 Å². The number of nitrogens with zero attached hydrogens (tertiary/aromatic N) is 1. The molecule has 0 saturated heterocycles. The number of pyridine rings is 1. The second-order valence-electron chi connectivity index (χ2n) is 6.78. The maximum atomic E-state index is 12.3. The lowest BCUT2D eigenvalue weighted by Gasteiger charge is -2.09. The molecule has 0 aliphatic carbocycles. The Labute approximate surface area is 177 Å². The molecule has 0 spiro atoms. The van der Waals surface area contributed by atoms with Gasteiger partial charge in [-0.1, -0.05) is 24.3 Å².